The van der Waals surface area contributed by atoms with E-state index in [0.29, 0.717) is 27.6 Å². The molecule has 5 rings (SSSR count). The molecule has 0 amide bonds. The van der Waals surface area contributed by atoms with Gasteiger partial charge in [0.2, 0.25) is 5.60 Å². The smallest absolute Gasteiger partial charge is 0.349 e. The fraction of sp³-hybridized carbons (Fsp3) is 0.464. The summed E-state index contributed by atoms with van der Waals surface area (Å²) in [5.74, 6) is 0.229. The largest absolute Gasteiger partial charge is 1.00 e. The molecule has 2 aromatic heterocycles. The standard InChI is InChI=1S/C28H34NO3S2.BrH/c1-29(2,16-6-11-20-9-4-3-5-10-20)23-19-21-14-15-22(23)26(21)32-27(30)28(31,24-12-7-17-33-24)25-13-8-18-34-25;/h3-5,7-10,12-13,17-18,21-23,26,31H,6,11,14-16,19H2,1-2H3;1H/q+1;/p-1/t21-,22+,23+,26?;/m1./s1. The summed E-state index contributed by atoms with van der Waals surface area (Å²) < 4.78 is 7.19. The quantitative estimate of drug-likeness (QED) is 0.315. The Labute approximate surface area is 226 Å². The molecule has 2 fully saturated rings. The van der Waals surface area contributed by atoms with Crippen LogP contribution in [0.3, 0.4) is 0 Å². The molecule has 4 atom stereocenters. The van der Waals surface area contributed by atoms with Gasteiger partial charge >= 0.3 is 5.97 Å². The fourth-order valence-corrected chi connectivity index (χ4v) is 7.94. The van der Waals surface area contributed by atoms with E-state index in [1.54, 1.807) is 0 Å². The first-order valence-corrected chi connectivity index (χ1v) is 14.0. The van der Waals surface area contributed by atoms with Crippen molar-refractivity contribution in [1.82, 2.24) is 0 Å². The van der Waals surface area contributed by atoms with Crippen LogP contribution in [0.25, 0.3) is 0 Å². The van der Waals surface area contributed by atoms with Gasteiger partial charge < -0.3 is 31.3 Å². The number of hydrogen-bond acceptors (Lipinski definition) is 5. The summed E-state index contributed by atoms with van der Waals surface area (Å²) in [6, 6.07) is 18.6. The van der Waals surface area contributed by atoms with Gasteiger partial charge in [0.05, 0.1) is 36.4 Å². The maximum absolute atomic E-state index is 13.6. The van der Waals surface area contributed by atoms with Crippen LogP contribution in [0, 0.1) is 11.8 Å². The second-order valence-corrected chi connectivity index (χ2v) is 12.3. The fourth-order valence-electron chi connectivity index (χ4n) is 6.22. The third-order valence-corrected chi connectivity index (χ3v) is 9.99. The molecule has 2 saturated carbocycles. The van der Waals surface area contributed by atoms with Crippen molar-refractivity contribution in [1.29, 1.82) is 0 Å². The SMILES string of the molecule is C[N+](C)(CCCc1ccccc1)[C@H]1C[C@H]2CC[C@@H]1C2OC(=O)C(O)(c1cccs1)c1cccs1.[Br-]. The predicted molar refractivity (Wildman–Crippen MR) is 138 cm³/mol. The molecule has 0 aliphatic heterocycles. The molecule has 2 bridgehead atoms. The topological polar surface area (TPSA) is 46.5 Å². The summed E-state index contributed by atoms with van der Waals surface area (Å²) in [4.78, 5) is 14.8. The lowest BCUT2D eigenvalue weighted by Crippen LogP contribution is -3.00. The first-order valence-electron chi connectivity index (χ1n) is 12.3. The molecule has 0 saturated heterocycles. The lowest BCUT2D eigenvalue weighted by Gasteiger charge is -2.40. The second-order valence-electron chi connectivity index (χ2n) is 10.4. The highest BCUT2D eigenvalue weighted by molar-refractivity contribution is 7.12. The highest BCUT2D eigenvalue weighted by atomic mass is 79.9. The van der Waals surface area contributed by atoms with E-state index in [1.807, 2.05) is 35.0 Å². The van der Waals surface area contributed by atoms with Crippen molar-refractivity contribution in [3.05, 3.63) is 80.7 Å². The predicted octanol–water partition coefficient (Wildman–Crippen LogP) is 2.47. The molecule has 0 radical (unpaired) electrons. The molecular formula is C28H34BrNO3S2. The molecule has 2 aliphatic carbocycles. The van der Waals surface area contributed by atoms with E-state index in [2.05, 4.69) is 44.4 Å². The number of benzene rings is 1. The normalized spacial score (nSPS) is 23.7. The number of quaternary nitrogens is 1. The number of hydrogen-bond donors (Lipinski definition) is 1. The van der Waals surface area contributed by atoms with Crippen LogP contribution in [0.2, 0.25) is 0 Å². The van der Waals surface area contributed by atoms with Crippen molar-refractivity contribution >= 4 is 28.6 Å². The molecule has 1 unspecified atom stereocenters. The monoisotopic (exact) mass is 575 g/mol. The second kappa shape index (κ2) is 10.9. The summed E-state index contributed by atoms with van der Waals surface area (Å²) in [6.07, 6.45) is 5.44. The van der Waals surface area contributed by atoms with Gasteiger partial charge in [0.25, 0.3) is 0 Å². The first-order chi connectivity index (χ1) is 16.4. The number of thiophene rings is 2. The number of aliphatic hydroxyl groups is 1. The lowest BCUT2D eigenvalue weighted by atomic mass is 9.92. The summed E-state index contributed by atoms with van der Waals surface area (Å²) in [7, 11) is 4.67. The van der Waals surface area contributed by atoms with E-state index in [9.17, 15) is 9.90 Å². The molecule has 1 N–H and O–H groups in total. The van der Waals surface area contributed by atoms with Gasteiger partial charge in [-0.15, -0.1) is 22.7 Å². The van der Waals surface area contributed by atoms with Crippen LogP contribution in [0.15, 0.2) is 65.4 Å². The molecule has 3 aromatic rings. The van der Waals surface area contributed by atoms with Gasteiger partial charge in [-0.05, 0) is 47.7 Å². The van der Waals surface area contributed by atoms with Crippen molar-refractivity contribution in [2.24, 2.45) is 11.8 Å². The van der Waals surface area contributed by atoms with Crippen molar-refractivity contribution in [2.75, 3.05) is 20.6 Å². The van der Waals surface area contributed by atoms with Gasteiger partial charge in [-0.2, -0.15) is 0 Å². The highest BCUT2D eigenvalue weighted by Crippen LogP contribution is 2.50. The molecule has 0 spiro atoms. The van der Waals surface area contributed by atoms with Crippen molar-refractivity contribution < 1.29 is 36.1 Å². The summed E-state index contributed by atoms with van der Waals surface area (Å²) in [6.45, 7) is 1.11. The maximum atomic E-state index is 13.6. The van der Waals surface area contributed by atoms with Gasteiger partial charge in [-0.1, -0.05) is 42.5 Å². The number of fused-ring (bicyclic) bond motifs is 2. The van der Waals surface area contributed by atoms with Gasteiger partial charge in [0, 0.05) is 24.7 Å². The van der Waals surface area contributed by atoms with E-state index in [4.69, 9.17) is 4.74 Å². The molecule has 1 aromatic carbocycles. The average molecular weight is 577 g/mol. The Morgan fingerprint density at radius 1 is 1.03 bits per heavy atom. The molecule has 7 heteroatoms. The third kappa shape index (κ3) is 5.16. The molecule has 2 aliphatic rings. The Morgan fingerprint density at radius 2 is 1.69 bits per heavy atom. The minimum atomic E-state index is -1.72. The van der Waals surface area contributed by atoms with Gasteiger partial charge in [0.15, 0.2) is 0 Å². The van der Waals surface area contributed by atoms with Crippen LogP contribution < -0.4 is 17.0 Å². The Morgan fingerprint density at radius 3 is 2.29 bits per heavy atom. The molecule has 35 heavy (non-hydrogen) atoms. The van der Waals surface area contributed by atoms with E-state index in [0.717, 1.165) is 43.1 Å². The maximum Gasteiger partial charge on any atom is 0.349 e. The van der Waals surface area contributed by atoms with Crippen LogP contribution in [0.4, 0.5) is 0 Å². The Balaban J connectivity index is 0.00000289. The van der Waals surface area contributed by atoms with Crippen LogP contribution in [0.5, 0.6) is 0 Å². The van der Waals surface area contributed by atoms with Gasteiger partial charge in [0.1, 0.15) is 6.10 Å². The first kappa shape index (κ1) is 26.6. The minimum Gasteiger partial charge on any atom is -1.00 e. The number of halogens is 1. The average Bonchev–Trinajstić information content (AvgIpc) is 3.65. The van der Waals surface area contributed by atoms with Crippen molar-refractivity contribution in [3.8, 4) is 0 Å². The number of aryl methyl sites for hydroxylation is 1. The number of nitrogens with zero attached hydrogens (tertiary/aromatic N) is 1. The van der Waals surface area contributed by atoms with Crippen molar-refractivity contribution in [3.63, 3.8) is 0 Å². The van der Waals surface area contributed by atoms with Gasteiger partial charge in [-0.3, -0.25) is 0 Å². The van der Waals surface area contributed by atoms with E-state index in [-0.39, 0.29) is 23.1 Å². The lowest BCUT2D eigenvalue weighted by molar-refractivity contribution is -0.918. The molecule has 2 heterocycles. The molecular weight excluding hydrogens is 542 g/mol. The van der Waals surface area contributed by atoms with Crippen LogP contribution >= 0.6 is 22.7 Å². The third-order valence-electron chi connectivity index (χ3n) is 8.03. The van der Waals surface area contributed by atoms with Crippen molar-refractivity contribution in [2.45, 2.75) is 49.9 Å². The Hall–Kier alpha value is -1.51. The zero-order valence-electron chi connectivity index (χ0n) is 20.3. The Kier molecular flexibility index (Phi) is 8.23. The minimum absolute atomic E-state index is 0. The number of carbonyl (C=O) groups is 1. The summed E-state index contributed by atoms with van der Waals surface area (Å²) in [5.41, 5.74) is -0.330. The van der Waals surface area contributed by atoms with E-state index < -0.39 is 11.6 Å². The number of carbonyl (C=O) groups excluding carboxylic acids is 1. The van der Waals surface area contributed by atoms with Crippen LogP contribution in [-0.2, 0) is 21.6 Å². The number of rotatable bonds is 9. The Bertz CT molecular complexity index is 1050. The van der Waals surface area contributed by atoms with E-state index in [1.165, 1.54) is 28.2 Å². The van der Waals surface area contributed by atoms with Gasteiger partial charge in [-0.25, -0.2) is 4.79 Å². The van der Waals surface area contributed by atoms with Crippen LogP contribution in [-0.4, -0.2) is 48.3 Å². The van der Waals surface area contributed by atoms with E-state index >= 15 is 0 Å². The number of esters is 1. The zero-order chi connectivity index (χ0) is 23.8. The highest BCUT2D eigenvalue weighted by Gasteiger charge is 2.57. The number of ether oxygens (including phenoxy) is 1. The summed E-state index contributed by atoms with van der Waals surface area (Å²) in [5, 5.41) is 15.4. The molecule has 188 valence electrons. The zero-order valence-corrected chi connectivity index (χ0v) is 23.5. The molecule has 4 nitrogen and oxygen atoms in total. The summed E-state index contributed by atoms with van der Waals surface area (Å²) >= 11 is 2.79. The van der Waals surface area contributed by atoms with Crippen LogP contribution in [0.1, 0.15) is 41.0 Å².